The molecule has 0 saturated heterocycles. The zero-order valence-corrected chi connectivity index (χ0v) is 9.48. The first kappa shape index (κ1) is 11.4. The molecule has 0 bridgehead atoms. The molecule has 0 radical (unpaired) electrons. The maximum absolute atomic E-state index is 10.1. The molecule has 1 aliphatic carbocycles. The molecule has 3 nitrogen and oxygen atoms in total. The molecule has 0 spiro atoms. The Morgan fingerprint density at radius 2 is 1.81 bits per heavy atom. The van der Waals surface area contributed by atoms with Crippen LogP contribution in [0.25, 0.3) is 0 Å². The van der Waals surface area contributed by atoms with Crippen molar-refractivity contribution in [3.63, 3.8) is 0 Å². The first-order valence-electron chi connectivity index (χ1n) is 5.86. The van der Waals surface area contributed by atoms with E-state index in [0.717, 1.165) is 37.0 Å². The van der Waals surface area contributed by atoms with Gasteiger partial charge in [0, 0.05) is 6.54 Å². The molecule has 0 amide bonds. The Hall–Kier alpha value is -1.06. The van der Waals surface area contributed by atoms with Crippen molar-refractivity contribution in [1.82, 2.24) is 0 Å². The van der Waals surface area contributed by atoms with Crippen molar-refractivity contribution < 1.29 is 9.84 Å². The van der Waals surface area contributed by atoms with E-state index in [1.54, 1.807) is 0 Å². The molecule has 3 heteroatoms. The summed E-state index contributed by atoms with van der Waals surface area (Å²) >= 11 is 0. The van der Waals surface area contributed by atoms with Crippen molar-refractivity contribution >= 4 is 0 Å². The zero-order chi connectivity index (χ0) is 11.4. The van der Waals surface area contributed by atoms with Gasteiger partial charge in [0.2, 0.25) is 0 Å². The lowest BCUT2D eigenvalue weighted by molar-refractivity contribution is 0.00141. The quantitative estimate of drug-likeness (QED) is 0.815. The predicted molar refractivity (Wildman–Crippen MR) is 63.2 cm³/mol. The number of hydrogen-bond donors (Lipinski definition) is 2. The Morgan fingerprint density at radius 3 is 2.38 bits per heavy atom. The van der Waals surface area contributed by atoms with Crippen LogP contribution in [0.1, 0.15) is 31.2 Å². The van der Waals surface area contributed by atoms with Crippen LogP contribution in [0.5, 0.6) is 5.75 Å². The monoisotopic (exact) mass is 221 g/mol. The smallest absolute Gasteiger partial charge is 0.119 e. The van der Waals surface area contributed by atoms with Crippen molar-refractivity contribution in [2.24, 2.45) is 5.73 Å². The summed E-state index contributed by atoms with van der Waals surface area (Å²) in [6.07, 6.45) is 3.92. The highest BCUT2D eigenvalue weighted by Crippen LogP contribution is 2.30. The Balaban J connectivity index is 1.89. The van der Waals surface area contributed by atoms with Gasteiger partial charge in [0.15, 0.2) is 0 Å². The second-order valence-corrected chi connectivity index (χ2v) is 4.57. The van der Waals surface area contributed by atoms with Gasteiger partial charge in [-0.3, -0.25) is 0 Å². The average Bonchev–Trinajstić information content (AvgIpc) is 2.75. The molecule has 1 aromatic carbocycles. The summed E-state index contributed by atoms with van der Waals surface area (Å²) in [5.74, 6) is 0.803. The lowest BCUT2D eigenvalue weighted by atomic mass is 10.0. The minimum atomic E-state index is -0.605. The van der Waals surface area contributed by atoms with Crippen LogP contribution in [0, 0.1) is 0 Å². The Labute approximate surface area is 96.2 Å². The maximum Gasteiger partial charge on any atom is 0.119 e. The molecule has 0 aromatic heterocycles. The normalized spacial score (nSPS) is 18.6. The first-order chi connectivity index (χ1) is 7.72. The van der Waals surface area contributed by atoms with E-state index in [-0.39, 0.29) is 0 Å². The fraction of sp³-hybridized carbons (Fsp3) is 0.538. The molecule has 1 aliphatic rings. The highest BCUT2D eigenvalue weighted by molar-refractivity contribution is 5.27. The van der Waals surface area contributed by atoms with Crippen LogP contribution in [0.3, 0.4) is 0 Å². The van der Waals surface area contributed by atoms with E-state index in [1.807, 2.05) is 24.3 Å². The molecule has 88 valence electrons. The molecule has 0 atom stereocenters. The fourth-order valence-electron chi connectivity index (χ4n) is 2.12. The average molecular weight is 221 g/mol. The summed E-state index contributed by atoms with van der Waals surface area (Å²) in [6.45, 7) is 0.944. The van der Waals surface area contributed by atoms with Crippen LogP contribution >= 0.6 is 0 Å². The lowest BCUT2D eigenvalue weighted by Gasteiger charge is -2.22. The third kappa shape index (κ3) is 2.74. The van der Waals surface area contributed by atoms with Gasteiger partial charge in [0.1, 0.15) is 12.4 Å². The van der Waals surface area contributed by atoms with Gasteiger partial charge in [0.05, 0.1) is 5.60 Å². The molecule has 16 heavy (non-hydrogen) atoms. The number of aliphatic hydroxyl groups is 1. The maximum atomic E-state index is 10.1. The number of benzene rings is 1. The van der Waals surface area contributed by atoms with Crippen molar-refractivity contribution in [3.8, 4) is 5.75 Å². The van der Waals surface area contributed by atoms with Gasteiger partial charge >= 0.3 is 0 Å². The highest BCUT2D eigenvalue weighted by Gasteiger charge is 2.31. The summed E-state index contributed by atoms with van der Waals surface area (Å²) in [5, 5.41) is 10.1. The molecule has 1 fully saturated rings. The third-order valence-electron chi connectivity index (χ3n) is 3.20. The van der Waals surface area contributed by atoms with Crippen molar-refractivity contribution in [1.29, 1.82) is 0 Å². The minimum Gasteiger partial charge on any atom is -0.491 e. The standard InChI is InChI=1S/C13H19NO2/c14-9-11-3-5-12(6-4-11)16-10-13(15)7-1-2-8-13/h3-6,15H,1-2,7-10,14H2. The van der Waals surface area contributed by atoms with E-state index in [2.05, 4.69) is 0 Å². The Bertz CT molecular complexity index is 328. The molecule has 3 N–H and O–H groups in total. The van der Waals surface area contributed by atoms with Crippen LogP contribution in [0.15, 0.2) is 24.3 Å². The van der Waals surface area contributed by atoms with Gasteiger partial charge in [0.25, 0.3) is 0 Å². The van der Waals surface area contributed by atoms with Crippen LogP contribution in [-0.4, -0.2) is 17.3 Å². The van der Waals surface area contributed by atoms with Crippen LogP contribution in [0.4, 0.5) is 0 Å². The predicted octanol–water partition coefficient (Wildman–Crippen LogP) is 1.83. The summed E-state index contributed by atoms with van der Waals surface area (Å²) in [7, 11) is 0. The van der Waals surface area contributed by atoms with E-state index in [0.29, 0.717) is 13.2 Å². The van der Waals surface area contributed by atoms with Gasteiger partial charge in [-0.2, -0.15) is 0 Å². The number of rotatable bonds is 4. The molecular formula is C13H19NO2. The van der Waals surface area contributed by atoms with Crippen LogP contribution in [0.2, 0.25) is 0 Å². The summed E-state index contributed by atoms with van der Waals surface area (Å²) in [4.78, 5) is 0. The van der Waals surface area contributed by atoms with Gasteiger partial charge in [-0.1, -0.05) is 25.0 Å². The van der Waals surface area contributed by atoms with Gasteiger partial charge in [-0.05, 0) is 30.5 Å². The van der Waals surface area contributed by atoms with E-state index in [9.17, 15) is 5.11 Å². The van der Waals surface area contributed by atoms with E-state index >= 15 is 0 Å². The number of hydrogen-bond acceptors (Lipinski definition) is 3. The SMILES string of the molecule is NCc1ccc(OCC2(O)CCCC2)cc1. The largest absolute Gasteiger partial charge is 0.491 e. The molecule has 1 saturated carbocycles. The molecule has 1 aromatic rings. The Kier molecular flexibility index (Phi) is 3.46. The van der Waals surface area contributed by atoms with Crippen molar-refractivity contribution in [2.45, 2.75) is 37.8 Å². The minimum absolute atomic E-state index is 0.398. The summed E-state index contributed by atoms with van der Waals surface area (Å²) in [5.41, 5.74) is 6.00. The van der Waals surface area contributed by atoms with E-state index in [4.69, 9.17) is 10.5 Å². The van der Waals surface area contributed by atoms with Crippen LogP contribution in [-0.2, 0) is 6.54 Å². The second kappa shape index (κ2) is 4.85. The third-order valence-corrected chi connectivity index (χ3v) is 3.20. The molecular weight excluding hydrogens is 202 g/mol. The first-order valence-corrected chi connectivity index (χ1v) is 5.86. The van der Waals surface area contributed by atoms with E-state index < -0.39 is 5.60 Å². The number of ether oxygens (including phenoxy) is 1. The van der Waals surface area contributed by atoms with Crippen molar-refractivity contribution in [3.05, 3.63) is 29.8 Å². The van der Waals surface area contributed by atoms with Gasteiger partial charge < -0.3 is 15.6 Å². The second-order valence-electron chi connectivity index (χ2n) is 4.57. The Morgan fingerprint density at radius 1 is 1.19 bits per heavy atom. The fourth-order valence-corrected chi connectivity index (χ4v) is 2.12. The summed E-state index contributed by atoms with van der Waals surface area (Å²) < 4.78 is 5.60. The highest BCUT2D eigenvalue weighted by atomic mass is 16.5. The topological polar surface area (TPSA) is 55.5 Å². The van der Waals surface area contributed by atoms with Crippen LogP contribution < -0.4 is 10.5 Å². The zero-order valence-electron chi connectivity index (χ0n) is 9.48. The number of nitrogens with two attached hydrogens (primary N) is 1. The summed E-state index contributed by atoms with van der Waals surface area (Å²) in [6, 6.07) is 7.71. The molecule has 0 aliphatic heterocycles. The van der Waals surface area contributed by atoms with Gasteiger partial charge in [-0.25, -0.2) is 0 Å². The van der Waals surface area contributed by atoms with E-state index in [1.165, 1.54) is 0 Å². The molecule has 2 rings (SSSR count). The lowest BCUT2D eigenvalue weighted by Crippen LogP contribution is -2.32. The molecule has 0 unspecified atom stereocenters. The molecule has 0 heterocycles. The van der Waals surface area contributed by atoms with Crippen molar-refractivity contribution in [2.75, 3.05) is 6.61 Å². The van der Waals surface area contributed by atoms with Gasteiger partial charge in [-0.15, -0.1) is 0 Å².